The molecule has 0 rings (SSSR count). The van der Waals surface area contributed by atoms with Crippen molar-refractivity contribution < 1.29 is 14.0 Å². The van der Waals surface area contributed by atoms with Gasteiger partial charge in [-0.2, -0.15) is 0 Å². The minimum absolute atomic E-state index is 0.154. The van der Waals surface area contributed by atoms with Crippen LogP contribution in [0.1, 0.15) is 74.7 Å². The third kappa shape index (κ3) is 4.86. The average molecular weight is 389 g/mol. The fourth-order valence-electron chi connectivity index (χ4n) is 3.57. The molecule has 0 aromatic carbocycles. The van der Waals surface area contributed by atoms with Gasteiger partial charge in [-0.3, -0.25) is 0 Å². The SMILES string of the molecule is C=C[Si](C)(OC(C)CC)C(C)(CC)C(C)(C)O[Si](C)(C)C(C)(O)CC. The Kier molecular flexibility index (Phi) is 8.40. The summed E-state index contributed by atoms with van der Waals surface area (Å²) >= 11 is 0. The zero-order chi connectivity index (χ0) is 20.3. The largest absolute Gasteiger partial charge is 0.410 e. The second kappa shape index (κ2) is 8.38. The van der Waals surface area contributed by atoms with Crippen LogP contribution in [0, 0.1) is 0 Å². The van der Waals surface area contributed by atoms with Crippen LogP contribution in [0.15, 0.2) is 12.3 Å². The summed E-state index contributed by atoms with van der Waals surface area (Å²) in [6, 6.07) is 0. The van der Waals surface area contributed by atoms with Crippen molar-refractivity contribution in [1.82, 2.24) is 0 Å². The van der Waals surface area contributed by atoms with E-state index >= 15 is 0 Å². The van der Waals surface area contributed by atoms with Crippen molar-refractivity contribution in [2.45, 2.75) is 116 Å². The van der Waals surface area contributed by atoms with E-state index in [9.17, 15) is 5.11 Å². The first kappa shape index (κ1) is 25.1. The highest BCUT2D eigenvalue weighted by molar-refractivity contribution is 6.81. The molecule has 0 amide bonds. The zero-order valence-corrected chi connectivity index (χ0v) is 20.7. The lowest BCUT2D eigenvalue weighted by molar-refractivity contribution is 0.00384. The molecule has 4 atom stereocenters. The second-order valence-corrected chi connectivity index (χ2v) is 17.3. The van der Waals surface area contributed by atoms with E-state index in [-0.39, 0.29) is 11.1 Å². The Bertz CT molecular complexity index is 448. The first-order valence-corrected chi connectivity index (χ1v) is 15.2. The van der Waals surface area contributed by atoms with Gasteiger partial charge in [-0.25, -0.2) is 0 Å². The normalized spacial score (nSPS) is 21.8. The molecule has 1 N–H and O–H groups in total. The Labute approximate surface area is 159 Å². The van der Waals surface area contributed by atoms with Gasteiger partial charge in [0, 0.05) is 11.1 Å². The second-order valence-electron chi connectivity index (χ2n) is 9.08. The summed E-state index contributed by atoms with van der Waals surface area (Å²) in [7, 11) is -4.63. The average Bonchev–Trinajstić information content (AvgIpc) is 2.51. The van der Waals surface area contributed by atoms with Gasteiger partial charge in [-0.15, -0.1) is 6.58 Å². The first-order valence-electron chi connectivity index (χ1n) is 9.83. The highest BCUT2D eigenvalue weighted by Crippen LogP contribution is 2.54. The molecular formula is C20H44O3Si2. The lowest BCUT2D eigenvalue weighted by Crippen LogP contribution is -2.64. The standard InChI is InChI=1S/C20H44O3Si2/c1-13-17(5)22-25(12,16-4)19(8,14-2)18(6,7)23-24(10,11)20(9,21)15-3/h16-17,21H,4,13-15H2,1-3,5-12H3. The van der Waals surface area contributed by atoms with Crippen LogP contribution in [0.4, 0.5) is 0 Å². The van der Waals surface area contributed by atoms with Crippen molar-refractivity contribution in [1.29, 1.82) is 0 Å². The number of hydrogen-bond donors (Lipinski definition) is 1. The van der Waals surface area contributed by atoms with Crippen molar-refractivity contribution in [2.24, 2.45) is 0 Å². The zero-order valence-electron chi connectivity index (χ0n) is 18.7. The molecule has 0 aliphatic rings. The maximum atomic E-state index is 10.9. The summed E-state index contributed by atoms with van der Waals surface area (Å²) in [5.41, 5.74) is 1.65. The molecule has 0 heterocycles. The third-order valence-corrected chi connectivity index (χ3v) is 15.8. The predicted octanol–water partition coefficient (Wildman–Crippen LogP) is 5.97. The van der Waals surface area contributed by atoms with Gasteiger partial charge < -0.3 is 14.0 Å². The first-order chi connectivity index (χ1) is 11.1. The predicted molar refractivity (Wildman–Crippen MR) is 115 cm³/mol. The van der Waals surface area contributed by atoms with E-state index in [2.05, 4.69) is 73.5 Å². The maximum absolute atomic E-state index is 10.9. The highest BCUT2D eigenvalue weighted by atomic mass is 28.4. The number of hydrogen-bond acceptors (Lipinski definition) is 3. The molecule has 5 heteroatoms. The van der Waals surface area contributed by atoms with E-state index in [1.807, 2.05) is 13.8 Å². The minimum Gasteiger partial charge on any atom is -0.410 e. The topological polar surface area (TPSA) is 38.7 Å². The van der Waals surface area contributed by atoms with Crippen molar-refractivity contribution in [2.75, 3.05) is 0 Å². The van der Waals surface area contributed by atoms with E-state index in [0.29, 0.717) is 6.42 Å². The summed E-state index contributed by atoms with van der Waals surface area (Å²) in [4.78, 5) is 0. The van der Waals surface area contributed by atoms with Crippen molar-refractivity contribution >= 4 is 16.6 Å². The molecule has 0 bridgehead atoms. The van der Waals surface area contributed by atoms with Gasteiger partial charge in [0.15, 0.2) is 0 Å². The van der Waals surface area contributed by atoms with Crippen LogP contribution in [0.25, 0.3) is 0 Å². The van der Waals surface area contributed by atoms with Crippen molar-refractivity contribution in [3.8, 4) is 0 Å². The Morgan fingerprint density at radius 2 is 1.52 bits per heavy atom. The minimum atomic E-state index is -2.34. The molecule has 25 heavy (non-hydrogen) atoms. The lowest BCUT2D eigenvalue weighted by Gasteiger charge is -2.56. The monoisotopic (exact) mass is 388 g/mol. The Balaban J connectivity index is 5.98. The summed E-state index contributed by atoms with van der Waals surface area (Å²) in [6.07, 6.45) is 2.84. The number of aliphatic hydroxyl groups is 1. The van der Waals surface area contributed by atoms with Gasteiger partial charge in [-0.05, 0) is 66.6 Å². The molecular weight excluding hydrogens is 344 g/mol. The van der Waals surface area contributed by atoms with E-state index in [1.165, 1.54) is 0 Å². The van der Waals surface area contributed by atoms with Crippen molar-refractivity contribution in [3.05, 3.63) is 12.3 Å². The molecule has 3 nitrogen and oxygen atoms in total. The molecule has 0 fully saturated rings. The van der Waals surface area contributed by atoms with E-state index in [1.54, 1.807) is 0 Å². The van der Waals surface area contributed by atoms with E-state index in [4.69, 9.17) is 8.85 Å². The van der Waals surface area contributed by atoms with Crippen LogP contribution in [0.5, 0.6) is 0 Å². The fourth-order valence-corrected chi connectivity index (χ4v) is 10.00. The van der Waals surface area contributed by atoms with Crippen LogP contribution in [0.2, 0.25) is 24.7 Å². The lowest BCUT2D eigenvalue weighted by atomic mass is 9.89. The van der Waals surface area contributed by atoms with E-state index < -0.39 is 27.5 Å². The molecule has 0 aliphatic carbocycles. The molecule has 0 aromatic heterocycles. The smallest absolute Gasteiger partial charge is 0.222 e. The molecule has 150 valence electrons. The van der Waals surface area contributed by atoms with Crippen LogP contribution >= 0.6 is 0 Å². The highest BCUT2D eigenvalue weighted by Gasteiger charge is 2.58. The summed E-state index contributed by atoms with van der Waals surface area (Å²) < 4.78 is 13.4. The van der Waals surface area contributed by atoms with Crippen LogP contribution < -0.4 is 0 Å². The fraction of sp³-hybridized carbons (Fsp3) is 0.900. The Hall–Kier alpha value is 0.0538. The van der Waals surface area contributed by atoms with Crippen molar-refractivity contribution in [3.63, 3.8) is 0 Å². The maximum Gasteiger partial charge on any atom is 0.222 e. The van der Waals surface area contributed by atoms with Crippen LogP contribution in [0.3, 0.4) is 0 Å². The molecule has 0 saturated heterocycles. The summed E-state index contributed by atoms with van der Waals surface area (Å²) in [5.74, 6) is 0. The van der Waals surface area contributed by atoms with Gasteiger partial charge in [-0.1, -0.05) is 33.4 Å². The van der Waals surface area contributed by atoms with E-state index in [0.717, 1.165) is 12.8 Å². The Morgan fingerprint density at radius 1 is 1.04 bits per heavy atom. The number of rotatable bonds is 11. The molecule has 0 radical (unpaired) electrons. The quantitative estimate of drug-likeness (QED) is 0.443. The van der Waals surface area contributed by atoms with Crippen LogP contribution in [-0.2, 0) is 8.85 Å². The molecule has 0 saturated carbocycles. The van der Waals surface area contributed by atoms with Gasteiger partial charge in [0.05, 0.1) is 10.8 Å². The molecule has 0 aromatic rings. The van der Waals surface area contributed by atoms with Crippen LogP contribution in [-0.4, -0.2) is 38.7 Å². The van der Waals surface area contributed by atoms with Gasteiger partial charge in [0.1, 0.15) is 0 Å². The van der Waals surface area contributed by atoms with Gasteiger partial charge >= 0.3 is 0 Å². The molecule has 4 unspecified atom stereocenters. The molecule has 0 spiro atoms. The summed E-state index contributed by atoms with van der Waals surface area (Å²) in [5, 5.41) is 9.98. The Morgan fingerprint density at radius 3 is 1.84 bits per heavy atom. The third-order valence-electron chi connectivity index (χ3n) is 7.04. The molecule has 0 aliphatic heterocycles. The summed E-state index contributed by atoms with van der Waals surface area (Å²) in [6.45, 7) is 27.7. The van der Waals surface area contributed by atoms with Gasteiger partial charge in [0.2, 0.25) is 16.6 Å². The van der Waals surface area contributed by atoms with Gasteiger partial charge in [0.25, 0.3) is 0 Å².